The second-order valence-electron chi connectivity index (χ2n) is 8.71. The van der Waals surface area contributed by atoms with Crippen molar-refractivity contribution in [2.45, 2.75) is 38.3 Å². The van der Waals surface area contributed by atoms with E-state index in [2.05, 4.69) is 27.7 Å². The Morgan fingerprint density at radius 3 is 2.53 bits per heavy atom. The highest BCUT2D eigenvalue weighted by Gasteiger charge is 2.54. The second kappa shape index (κ2) is 8.19. The van der Waals surface area contributed by atoms with Gasteiger partial charge in [-0.25, -0.2) is 9.69 Å². The van der Waals surface area contributed by atoms with Crippen molar-refractivity contribution in [1.29, 1.82) is 0 Å². The quantitative estimate of drug-likeness (QED) is 0.565. The van der Waals surface area contributed by atoms with Crippen molar-refractivity contribution in [1.82, 2.24) is 15.1 Å². The van der Waals surface area contributed by atoms with E-state index in [9.17, 15) is 9.59 Å². The lowest BCUT2D eigenvalue weighted by Gasteiger charge is -2.30. The van der Waals surface area contributed by atoms with Gasteiger partial charge in [0, 0.05) is 17.5 Å². The predicted octanol–water partition coefficient (Wildman–Crippen LogP) is 4.95. The summed E-state index contributed by atoms with van der Waals surface area (Å²) in [6.45, 7) is 5.26. The molecule has 2 aliphatic heterocycles. The first kappa shape index (κ1) is 20.9. The zero-order chi connectivity index (χ0) is 22.3. The van der Waals surface area contributed by atoms with E-state index in [1.165, 1.54) is 9.78 Å². The van der Waals surface area contributed by atoms with Crippen LogP contribution in [0.25, 0.3) is 0 Å². The van der Waals surface area contributed by atoms with Crippen molar-refractivity contribution >= 4 is 23.3 Å². The molecule has 164 valence electrons. The van der Waals surface area contributed by atoms with Crippen LogP contribution in [0.4, 0.5) is 4.79 Å². The second-order valence-corrected chi connectivity index (χ2v) is 9.68. The van der Waals surface area contributed by atoms with Crippen molar-refractivity contribution in [3.8, 4) is 0 Å². The monoisotopic (exact) mass is 445 g/mol. The van der Waals surface area contributed by atoms with E-state index in [4.69, 9.17) is 0 Å². The van der Waals surface area contributed by atoms with Crippen molar-refractivity contribution < 1.29 is 9.59 Å². The van der Waals surface area contributed by atoms with Crippen LogP contribution in [0.2, 0.25) is 0 Å². The number of likely N-dealkylation sites (tertiary alicyclic amines) is 1. The number of rotatable bonds is 5. The molecule has 0 radical (unpaired) electrons. The van der Waals surface area contributed by atoms with Crippen molar-refractivity contribution in [3.63, 3.8) is 0 Å². The number of hydrogen-bond acceptors (Lipinski definition) is 4. The maximum atomic E-state index is 14.0. The summed E-state index contributed by atoms with van der Waals surface area (Å²) in [5.41, 5.74) is 2.61. The average Bonchev–Trinajstić information content (AvgIpc) is 3.53. The maximum absolute atomic E-state index is 14.0. The number of imide groups is 1. The summed E-state index contributed by atoms with van der Waals surface area (Å²) in [6.07, 6.45) is 2.11. The molecule has 3 aromatic rings. The Labute approximate surface area is 192 Å². The number of aryl methyl sites for hydroxylation is 2. The smallest absolute Gasteiger partial charge is 0.315 e. The number of carbonyl (C=O) groups excluding carboxylic acids is 2. The lowest BCUT2D eigenvalue weighted by atomic mass is 9.81. The minimum atomic E-state index is -1.21. The third-order valence-electron chi connectivity index (χ3n) is 6.81. The highest BCUT2D eigenvalue weighted by molar-refractivity contribution is 7.10. The highest BCUT2D eigenvalue weighted by atomic mass is 32.1. The summed E-state index contributed by atoms with van der Waals surface area (Å²) in [5, 5.41) is 5.17. The summed E-state index contributed by atoms with van der Waals surface area (Å²) in [5.74, 6) is -0.214. The fraction of sp³-hybridized carbons (Fsp3) is 0.308. The number of urea groups is 1. The van der Waals surface area contributed by atoms with E-state index in [1.54, 1.807) is 11.3 Å². The van der Waals surface area contributed by atoms with Gasteiger partial charge in [-0.15, -0.1) is 11.3 Å². The van der Waals surface area contributed by atoms with Gasteiger partial charge >= 0.3 is 6.03 Å². The number of benzene rings is 2. The van der Waals surface area contributed by atoms with Crippen LogP contribution in [0.15, 0.2) is 66.0 Å². The fourth-order valence-electron chi connectivity index (χ4n) is 4.91. The summed E-state index contributed by atoms with van der Waals surface area (Å²) in [6, 6.07) is 19.7. The van der Waals surface area contributed by atoms with Gasteiger partial charge in [-0.3, -0.25) is 9.69 Å². The largest absolute Gasteiger partial charge is 0.326 e. The highest BCUT2D eigenvalue weighted by Crippen LogP contribution is 2.39. The van der Waals surface area contributed by atoms with E-state index >= 15 is 0 Å². The molecule has 3 amide bonds. The van der Waals surface area contributed by atoms with E-state index in [0.29, 0.717) is 6.67 Å². The molecule has 2 unspecified atom stereocenters. The van der Waals surface area contributed by atoms with Crippen LogP contribution in [0.3, 0.4) is 0 Å². The van der Waals surface area contributed by atoms with Gasteiger partial charge in [-0.05, 0) is 60.4 Å². The van der Waals surface area contributed by atoms with Gasteiger partial charge in [0.25, 0.3) is 5.91 Å². The van der Waals surface area contributed by atoms with Gasteiger partial charge in [0.2, 0.25) is 0 Å². The topological polar surface area (TPSA) is 52.7 Å². The summed E-state index contributed by atoms with van der Waals surface area (Å²) in [7, 11) is 0. The molecule has 6 heteroatoms. The van der Waals surface area contributed by atoms with Gasteiger partial charge < -0.3 is 5.32 Å². The lowest BCUT2D eigenvalue weighted by Crippen LogP contribution is -2.46. The first-order chi connectivity index (χ1) is 15.5. The van der Waals surface area contributed by atoms with Crippen molar-refractivity contribution in [2.24, 2.45) is 0 Å². The zero-order valence-corrected chi connectivity index (χ0v) is 19.2. The number of amides is 3. The average molecular weight is 446 g/mol. The Kier molecular flexibility index (Phi) is 5.35. The molecule has 2 saturated heterocycles. The Balaban J connectivity index is 1.53. The van der Waals surface area contributed by atoms with Crippen LogP contribution in [-0.2, 0) is 10.3 Å². The lowest BCUT2D eigenvalue weighted by molar-refractivity contribution is -0.131. The molecule has 0 bridgehead atoms. The van der Waals surface area contributed by atoms with E-state index in [-0.39, 0.29) is 18.0 Å². The molecule has 1 aromatic heterocycles. The summed E-state index contributed by atoms with van der Waals surface area (Å²) < 4.78 is 0. The molecule has 2 aromatic carbocycles. The van der Waals surface area contributed by atoms with Gasteiger partial charge in [-0.2, -0.15) is 0 Å². The standard InChI is InChI=1S/C26H27N3O2S/c1-18-12-13-21(16-19(18)2)26(20-8-4-3-5-9-20)24(30)29(25(31)27-26)17-28-14-6-10-22(28)23-11-7-15-32-23/h3-5,7-9,11-13,15-16,22H,6,10,14,17H2,1-2H3,(H,27,31). The van der Waals surface area contributed by atoms with Gasteiger partial charge in [0.15, 0.2) is 5.54 Å². The van der Waals surface area contributed by atoms with Gasteiger partial charge in [0.05, 0.1) is 6.67 Å². The molecule has 3 heterocycles. The number of thiophene rings is 1. The third-order valence-corrected chi connectivity index (χ3v) is 7.78. The Morgan fingerprint density at radius 1 is 1.00 bits per heavy atom. The fourth-order valence-corrected chi connectivity index (χ4v) is 5.80. The predicted molar refractivity (Wildman–Crippen MR) is 126 cm³/mol. The number of nitrogens with zero attached hydrogens (tertiary/aromatic N) is 2. The molecular formula is C26H27N3O2S. The SMILES string of the molecule is Cc1ccc(C2(c3ccccc3)NC(=O)N(CN3CCCC3c3cccs3)C2=O)cc1C. The molecule has 0 saturated carbocycles. The Morgan fingerprint density at radius 2 is 1.81 bits per heavy atom. The van der Waals surface area contributed by atoms with Gasteiger partial charge in [-0.1, -0.05) is 54.6 Å². The molecule has 2 atom stereocenters. The first-order valence-corrected chi connectivity index (χ1v) is 11.9. The number of nitrogens with one attached hydrogen (secondary N) is 1. The van der Waals surface area contributed by atoms with Crippen LogP contribution in [0.5, 0.6) is 0 Å². The molecule has 0 spiro atoms. The van der Waals surface area contributed by atoms with Gasteiger partial charge in [0.1, 0.15) is 0 Å². The van der Waals surface area contributed by atoms with Crippen LogP contribution < -0.4 is 5.32 Å². The zero-order valence-electron chi connectivity index (χ0n) is 18.4. The van der Waals surface area contributed by atoms with E-state index in [0.717, 1.165) is 41.6 Å². The van der Waals surface area contributed by atoms with Crippen LogP contribution >= 0.6 is 11.3 Å². The molecule has 32 heavy (non-hydrogen) atoms. The molecule has 5 nitrogen and oxygen atoms in total. The Bertz CT molecular complexity index is 1150. The summed E-state index contributed by atoms with van der Waals surface area (Å²) in [4.78, 5) is 32.2. The van der Waals surface area contributed by atoms with Crippen molar-refractivity contribution in [3.05, 3.63) is 93.2 Å². The molecule has 1 N–H and O–H groups in total. The Hall–Kier alpha value is -2.96. The van der Waals surface area contributed by atoms with Crippen LogP contribution in [0, 0.1) is 13.8 Å². The third kappa shape index (κ3) is 3.34. The van der Waals surface area contributed by atoms with E-state index in [1.807, 2.05) is 62.4 Å². The normalized spacial score (nSPS) is 23.7. The molecule has 0 aliphatic carbocycles. The molecule has 5 rings (SSSR count). The summed E-state index contributed by atoms with van der Waals surface area (Å²) >= 11 is 1.73. The number of carbonyl (C=O) groups is 2. The minimum absolute atomic E-state index is 0.214. The molecular weight excluding hydrogens is 418 g/mol. The van der Waals surface area contributed by atoms with Crippen molar-refractivity contribution in [2.75, 3.05) is 13.2 Å². The van der Waals surface area contributed by atoms with Crippen LogP contribution in [0.1, 0.15) is 46.0 Å². The van der Waals surface area contributed by atoms with Crippen LogP contribution in [-0.4, -0.2) is 35.0 Å². The maximum Gasteiger partial charge on any atom is 0.326 e. The molecule has 2 aliphatic rings. The minimum Gasteiger partial charge on any atom is -0.315 e. The number of hydrogen-bond donors (Lipinski definition) is 1. The molecule has 2 fully saturated rings. The first-order valence-electron chi connectivity index (χ1n) is 11.1. The van der Waals surface area contributed by atoms with E-state index < -0.39 is 5.54 Å².